The lowest BCUT2D eigenvalue weighted by atomic mass is 9.98. The second-order valence-corrected chi connectivity index (χ2v) is 8.33. The van der Waals surface area contributed by atoms with Gasteiger partial charge in [-0.15, -0.1) is 0 Å². The van der Waals surface area contributed by atoms with Gasteiger partial charge in [0.25, 0.3) is 0 Å². The highest BCUT2D eigenvalue weighted by molar-refractivity contribution is 5.93. The van der Waals surface area contributed by atoms with Crippen LogP contribution in [0.5, 0.6) is 0 Å². The average molecular weight is 399 g/mol. The first-order valence-electron chi connectivity index (χ1n) is 9.77. The Morgan fingerprint density at radius 1 is 1.18 bits per heavy atom. The van der Waals surface area contributed by atoms with Gasteiger partial charge in [0.1, 0.15) is 23.7 Å². The molecule has 1 rings (SSSR count). The molecule has 1 heterocycles. The summed E-state index contributed by atoms with van der Waals surface area (Å²) < 4.78 is 5.16. The smallest absolute Gasteiger partial charge is 0.408 e. The molecule has 4 atom stereocenters. The van der Waals surface area contributed by atoms with Crippen LogP contribution in [0.25, 0.3) is 0 Å². The van der Waals surface area contributed by atoms with E-state index in [2.05, 4.69) is 10.6 Å². The summed E-state index contributed by atoms with van der Waals surface area (Å²) in [6.07, 6.45) is 1.13. The van der Waals surface area contributed by atoms with Crippen LogP contribution in [-0.4, -0.2) is 59.0 Å². The van der Waals surface area contributed by atoms with Crippen molar-refractivity contribution in [1.82, 2.24) is 15.5 Å². The summed E-state index contributed by atoms with van der Waals surface area (Å²) >= 11 is 0. The molecule has 1 saturated heterocycles. The van der Waals surface area contributed by atoms with Gasteiger partial charge in [0.05, 0.1) is 0 Å². The molecule has 0 aliphatic carbocycles. The quantitative estimate of drug-likeness (QED) is 0.586. The summed E-state index contributed by atoms with van der Waals surface area (Å²) in [5.41, 5.74) is 4.73. The van der Waals surface area contributed by atoms with E-state index in [4.69, 9.17) is 10.5 Å². The van der Waals surface area contributed by atoms with Crippen LogP contribution in [0.1, 0.15) is 60.8 Å². The largest absolute Gasteiger partial charge is 0.444 e. The summed E-state index contributed by atoms with van der Waals surface area (Å²) in [5, 5.41) is 5.19. The zero-order chi connectivity index (χ0) is 21.6. The van der Waals surface area contributed by atoms with E-state index in [1.165, 1.54) is 4.90 Å². The first-order valence-corrected chi connectivity index (χ1v) is 9.77. The van der Waals surface area contributed by atoms with Gasteiger partial charge in [-0.2, -0.15) is 0 Å². The number of amides is 4. The fourth-order valence-electron chi connectivity index (χ4n) is 3.08. The zero-order valence-corrected chi connectivity index (χ0v) is 17.7. The molecule has 28 heavy (non-hydrogen) atoms. The number of nitrogens with two attached hydrogens (primary N) is 1. The van der Waals surface area contributed by atoms with Crippen molar-refractivity contribution in [2.75, 3.05) is 6.54 Å². The molecule has 0 aromatic carbocycles. The maximum Gasteiger partial charge on any atom is 0.408 e. The van der Waals surface area contributed by atoms with E-state index in [9.17, 15) is 19.2 Å². The number of likely N-dealkylation sites (tertiary alicyclic amines) is 1. The average Bonchev–Trinajstić information content (AvgIpc) is 3.05. The Kier molecular flexibility index (Phi) is 8.26. The van der Waals surface area contributed by atoms with Gasteiger partial charge in [-0.05, 0) is 46.5 Å². The zero-order valence-electron chi connectivity index (χ0n) is 17.7. The molecule has 0 aromatic rings. The summed E-state index contributed by atoms with van der Waals surface area (Å²) in [5.74, 6) is -1.49. The number of primary amides is 1. The predicted molar refractivity (Wildman–Crippen MR) is 104 cm³/mol. The third kappa shape index (κ3) is 6.69. The number of nitrogens with one attached hydrogen (secondary N) is 2. The van der Waals surface area contributed by atoms with E-state index in [0.29, 0.717) is 25.8 Å². The van der Waals surface area contributed by atoms with Crippen molar-refractivity contribution in [1.29, 1.82) is 0 Å². The van der Waals surface area contributed by atoms with Crippen LogP contribution in [0.15, 0.2) is 0 Å². The number of rotatable bonds is 7. The Morgan fingerprint density at radius 2 is 1.79 bits per heavy atom. The molecule has 0 saturated carbocycles. The first-order chi connectivity index (χ1) is 12.9. The fourth-order valence-corrected chi connectivity index (χ4v) is 3.08. The number of hydrogen-bond donors (Lipinski definition) is 3. The van der Waals surface area contributed by atoms with Gasteiger partial charge < -0.3 is 26.0 Å². The third-order valence-electron chi connectivity index (χ3n) is 4.76. The lowest BCUT2D eigenvalue weighted by Crippen LogP contribution is -2.56. The van der Waals surface area contributed by atoms with Crippen LogP contribution < -0.4 is 16.4 Å². The summed E-state index contributed by atoms with van der Waals surface area (Å²) in [6.45, 7) is 10.9. The minimum Gasteiger partial charge on any atom is -0.444 e. The number of ether oxygens (including phenoxy) is 1. The summed E-state index contributed by atoms with van der Waals surface area (Å²) in [7, 11) is 0. The first kappa shape index (κ1) is 23.7. The van der Waals surface area contributed by atoms with E-state index < -0.39 is 41.6 Å². The molecule has 0 aromatic heterocycles. The Bertz CT molecular complexity index is 602. The molecule has 9 heteroatoms. The monoisotopic (exact) mass is 398 g/mol. The van der Waals surface area contributed by atoms with Crippen molar-refractivity contribution in [2.45, 2.75) is 84.5 Å². The van der Waals surface area contributed by atoms with Gasteiger partial charge in [-0.3, -0.25) is 14.4 Å². The van der Waals surface area contributed by atoms with Crippen LogP contribution in [-0.2, 0) is 19.1 Å². The second-order valence-electron chi connectivity index (χ2n) is 8.33. The molecule has 4 amide bonds. The van der Waals surface area contributed by atoms with E-state index in [1.807, 2.05) is 13.8 Å². The standard InChI is InChI=1S/C19H34N4O5/c1-7-11(2)14(15(20)24)22-16(25)13-9-8-10-23(13)17(26)12(3)21-18(27)28-19(4,5)6/h11-14H,7-10H2,1-6H3,(H2,20,24)(H,21,27)(H,22,25)/t11-,12+,13+,14-/m0/s1. The third-order valence-corrected chi connectivity index (χ3v) is 4.76. The van der Waals surface area contributed by atoms with E-state index in [-0.39, 0.29) is 11.8 Å². The number of nitrogens with zero attached hydrogens (tertiary/aromatic N) is 1. The molecule has 160 valence electrons. The van der Waals surface area contributed by atoms with Crippen LogP contribution in [0.3, 0.4) is 0 Å². The minimum absolute atomic E-state index is 0.111. The van der Waals surface area contributed by atoms with Crippen molar-refractivity contribution in [3.05, 3.63) is 0 Å². The van der Waals surface area contributed by atoms with E-state index >= 15 is 0 Å². The molecule has 4 N–H and O–H groups in total. The van der Waals surface area contributed by atoms with Crippen molar-refractivity contribution in [3.63, 3.8) is 0 Å². The van der Waals surface area contributed by atoms with Crippen molar-refractivity contribution in [3.8, 4) is 0 Å². The molecule has 0 radical (unpaired) electrons. The normalized spacial score (nSPS) is 20.1. The van der Waals surface area contributed by atoms with Crippen LogP contribution in [0.4, 0.5) is 4.79 Å². The number of carbonyl (C=O) groups excluding carboxylic acids is 4. The molecule has 0 spiro atoms. The highest BCUT2D eigenvalue weighted by Gasteiger charge is 2.38. The lowest BCUT2D eigenvalue weighted by Gasteiger charge is -2.29. The molecule has 0 unspecified atom stereocenters. The Hall–Kier alpha value is -2.32. The highest BCUT2D eigenvalue weighted by Crippen LogP contribution is 2.20. The van der Waals surface area contributed by atoms with Gasteiger partial charge in [0.15, 0.2) is 0 Å². The molecular formula is C19H34N4O5. The maximum absolute atomic E-state index is 12.8. The number of alkyl carbamates (subject to hydrolysis) is 1. The molecule has 1 aliphatic rings. The SMILES string of the molecule is CC[C@H](C)[C@H](NC(=O)[C@H]1CCCN1C(=O)[C@@H](C)NC(=O)OC(C)(C)C)C(N)=O. The highest BCUT2D eigenvalue weighted by atomic mass is 16.6. The lowest BCUT2D eigenvalue weighted by molar-refractivity contribution is -0.140. The Morgan fingerprint density at radius 3 is 2.29 bits per heavy atom. The van der Waals surface area contributed by atoms with Crippen LogP contribution in [0.2, 0.25) is 0 Å². The molecule has 1 fully saturated rings. The van der Waals surface area contributed by atoms with E-state index in [0.717, 1.165) is 0 Å². The predicted octanol–water partition coefficient (Wildman–Crippen LogP) is 0.907. The minimum atomic E-state index is -0.843. The van der Waals surface area contributed by atoms with Crippen molar-refractivity contribution >= 4 is 23.8 Å². The van der Waals surface area contributed by atoms with Crippen molar-refractivity contribution in [2.24, 2.45) is 11.7 Å². The maximum atomic E-state index is 12.8. The van der Waals surface area contributed by atoms with Gasteiger partial charge in [0, 0.05) is 6.54 Å². The second kappa shape index (κ2) is 9.75. The van der Waals surface area contributed by atoms with Gasteiger partial charge in [-0.25, -0.2) is 4.79 Å². The molecule has 1 aliphatic heterocycles. The number of carbonyl (C=O) groups is 4. The summed E-state index contributed by atoms with van der Waals surface area (Å²) in [4.78, 5) is 50.5. The summed E-state index contributed by atoms with van der Waals surface area (Å²) in [6, 6.07) is -2.32. The van der Waals surface area contributed by atoms with Crippen molar-refractivity contribution < 1.29 is 23.9 Å². The molecular weight excluding hydrogens is 364 g/mol. The fraction of sp³-hybridized carbons (Fsp3) is 0.789. The van der Waals surface area contributed by atoms with Gasteiger partial charge in [0.2, 0.25) is 17.7 Å². The van der Waals surface area contributed by atoms with Gasteiger partial charge in [-0.1, -0.05) is 20.3 Å². The Balaban J connectivity index is 2.77. The topological polar surface area (TPSA) is 131 Å². The Labute approximate surface area is 166 Å². The van der Waals surface area contributed by atoms with Gasteiger partial charge >= 0.3 is 6.09 Å². The number of hydrogen-bond acceptors (Lipinski definition) is 5. The molecule has 0 bridgehead atoms. The van der Waals surface area contributed by atoms with Crippen LogP contribution >= 0.6 is 0 Å². The molecule has 9 nitrogen and oxygen atoms in total. The van der Waals surface area contributed by atoms with E-state index in [1.54, 1.807) is 27.7 Å². The van der Waals surface area contributed by atoms with Crippen LogP contribution in [0, 0.1) is 5.92 Å².